The summed E-state index contributed by atoms with van der Waals surface area (Å²) >= 11 is 0. The third-order valence-corrected chi connectivity index (χ3v) is 3.18. The van der Waals surface area contributed by atoms with E-state index in [0.29, 0.717) is 19.6 Å². The lowest BCUT2D eigenvalue weighted by atomic mass is 10.1. The van der Waals surface area contributed by atoms with Gasteiger partial charge in [-0.1, -0.05) is 18.6 Å². The Kier molecular flexibility index (Phi) is 5.49. The Balaban J connectivity index is 1.83. The van der Waals surface area contributed by atoms with Crippen LogP contribution in [0.25, 0.3) is 0 Å². The summed E-state index contributed by atoms with van der Waals surface area (Å²) in [6, 6.07) is 10.5. The summed E-state index contributed by atoms with van der Waals surface area (Å²) < 4.78 is 11.3. The van der Waals surface area contributed by atoms with E-state index >= 15 is 0 Å². The van der Waals surface area contributed by atoms with E-state index in [0.717, 1.165) is 31.4 Å². The van der Waals surface area contributed by atoms with Gasteiger partial charge in [0.1, 0.15) is 18.0 Å². The van der Waals surface area contributed by atoms with E-state index in [4.69, 9.17) is 9.47 Å². The van der Waals surface area contributed by atoms with Crippen molar-refractivity contribution in [3.63, 3.8) is 0 Å². The minimum atomic E-state index is -0.549. The second-order valence-electron chi connectivity index (χ2n) is 4.75. The van der Waals surface area contributed by atoms with E-state index in [1.165, 1.54) is 0 Å². The van der Waals surface area contributed by atoms with E-state index < -0.39 is 6.10 Å². The smallest absolute Gasteiger partial charge is 0.119 e. The zero-order valence-corrected chi connectivity index (χ0v) is 10.6. The highest BCUT2D eigenvalue weighted by Gasteiger charge is 2.14. The standard InChI is InChI=1S/C15H20O3/c16-13-6-4-5-9-15(10-11-17-12-13)18-14-7-2-1-3-8-14/h2-3,7-8,13,15H,4-6,9-12H2. The molecule has 1 aliphatic heterocycles. The molecule has 18 heavy (non-hydrogen) atoms. The van der Waals surface area contributed by atoms with Gasteiger partial charge >= 0.3 is 0 Å². The van der Waals surface area contributed by atoms with E-state index in [-0.39, 0.29) is 6.10 Å². The third kappa shape index (κ3) is 4.67. The van der Waals surface area contributed by atoms with Crippen LogP contribution in [0, 0.1) is 6.07 Å². The van der Waals surface area contributed by atoms with Gasteiger partial charge in [-0.15, -0.1) is 0 Å². The van der Waals surface area contributed by atoms with E-state index in [1.807, 2.05) is 24.3 Å². The summed E-state index contributed by atoms with van der Waals surface area (Å²) in [6.45, 7) is 0.954. The lowest BCUT2D eigenvalue weighted by Crippen LogP contribution is -2.23. The van der Waals surface area contributed by atoms with Crippen molar-refractivity contribution < 1.29 is 14.6 Å². The molecule has 0 aromatic heterocycles. The average Bonchev–Trinajstić information content (AvgIpc) is 2.40. The van der Waals surface area contributed by atoms with E-state index in [9.17, 15) is 5.11 Å². The largest absolute Gasteiger partial charge is 0.490 e. The summed E-state index contributed by atoms with van der Waals surface area (Å²) in [5.41, 5.74) is 0. The van der Waals surface area contributed by atoms with Crippen LogP contribution >= 0.6 is 0 Å². The molecule has 1 heterocycles. The van der Waals surface area contributed by atoms with Gasteiger partial charge in [-0.05, 0) is 37.5 Å². The Hall–Kier alpha value is -1.06. The molecule has 2 unspecified atom stereocenters. The highest BCUT2D eigenvalue weighted by molar-refractivity contribution is 5.20. The molecule has 2 atom stereocenters. The molecular weight excluding hydrogens is 228 g/mol. The van der Waals surface area contributed by atoms with Crippen molar-refractivity contribution in [2.75, 3.05) is 13.2 Å². The molecule has 1 fully saturated rings. The Morgan fingerprint density at radius 1 is 1.17 bits per heavy atom. The molecule has 1 aromatic rings. The molecule has 1 saturated heterocycles. The second kappa shape index (κ2) is 7.39. The SMILES string of the molecule is [O]C1CCCCC(Oc2cc[c]cc2)CCOC1. The maximum Gasteiger partial charge on any atom is 0.119 e. The topological polar surface area (TPSA) is 38.4 Å². The van der Waals surface area contributed by atoms with Crippen LogP contribution < -0.4 is 4.74 Å². The summed E-state index contributed by atoms with van der Waals surface area (Å²) in [6.07, 6.45) is 4.23. The van der Waals surface area contributed by atoms with Crippen molar-refractivity contribution in [1.29, 1.82) is 0 Å². The first-order valence-corrected chi connectivity index (χ1v) is 6.71. The molecule has 3 nitrogen and oxygen atoms in total. The monoisotopic (exact) mass is 248 g/mol. The van der Waals surface area contributed by atoms with E-state index in [2.05, 4.69) is 6.07 Å². The number of benzene rings is 1. The molecule has 3 heteroatoms. The lowest BCUT2D eigenvalue weighted by Gasteiger charge is -2.21. The first-order valence-electron chi connectivity index (χ1n) is 6.71. The number of hydrogen-bond acceptors (Lipinski definition) is 2. The summed E-state index contributed by atoms with van der Waals surface area (Å²) in [7, 11) is 0. The summed E-state index contributed by atoms with van der Waals surface area (Å²) in [5.74, 6) is 0.887. The van der Waals surface area contributed by atoms with Crippen LogP contribution in [0.2, 0.25) is 0 Å². The van der Waals surface area contributed by atoms with Gasteiger partial charge in [0, 0.05) is 6.42 Å². The van der Waals surface area contributed by atoms with Gasteiger partial charge in [0.25, 0.3) is 0 Å². The molecule has 0 bridgehead atoms. The Labute approximate surface area is 109 Å². The van der Waals surface area contributed by atoms with Crippen molar-refractivity contribution in [1.82, 2.24) is 0 Å². The fourth-order valence-corrected chi connectivity index (χ4v) is 2.16. The first-order chi connectivity index (χ1) is 8.84. The molecule has 2 rings (SSSR count). The van der Waals surface area contributed by atoms with Crippen molar-refractivity contribution in [2.24, 2.45) is 0 Å². The predicted molar refractivity (Wildman–Crippen MR) is 68.1 cm³/mol. The summed E-state index contributed by atoms with van der Waals surface area (Å²) in [4.78, 5) is 0. The Morgan fingerprint density at radius 3 is 2.78 bits per heavy atom. The van der Waals surface area contributed by atoms with Gasteiger partial charge in [-0.2, -0.15) is 0 Å². The second-order valence-corrected chi connectivity index (χ2v) is 4.75. The number of rotatable bonds is 2. The number of hydrogen-bond donors (Lipinski definition) is 0. The summed E-state index contributed by atoms with van der Waals surface area (Å²) in [5, 5.41) is 11.4. The van der Waals surface area contributed by atoms with Crippen LogP contribution in [-0.4, -0.2) is 25.4 Å². The average molecular weight is 248 g/mol. The van der Waals surface area contributed by atoms with Crippen molar-refractivity contribution in [3.8, 4) is 5.75 Å². The van der Waals surface area contributed by atoms with Gasteiger partial charge in [0.15, 0.2) is 0 Å². The zero-order chi connectivity index (χ0) is 12.6. The van der Waals surface area contributed by atoms with Crippen molar-refractivity contribution in [3.05, 3.63) is 30.3 Å². The fraction of sp³-hybridized carbons (Fsp3) is 0.600. The minimum Gasteiger partial charge on any atom is -0.490 e. The zero-order valence-electron chi connectivity index (χ0n) is 10.6. The maximum absolute atomic E-state index is 11.4. The number of ether oxygens (including phenoxy) is 2. The highest BCUT2D eigenvalue weighted by atomic mass is 16.5. The van der Waals surface area contributed by atoms with Gasteiger partial charge in [-0.3, -0.25) is 0 Å². The van der Waals surface area contributed by atoms with Crippen LogP contribution in [0.1, 0.15) is 32.1 Å². The Bertz CT molecular complexity index is 314. The molecule has 1 aromatic carbocycles. The molecule has 98 valence electrons. The highest BCUT2D eigenvalue weighted by Crippen LogP contribution is 2.18. The normalized spacial score (nSPS) is 26.5. The molecule has 0 spiro atoms. The van der Waals surface area contributed by atoms with Gasteiger partial charge < -0.3 is 9.47 Å². The van der Waals surface area contributed by atoms with Crippen LogP contribution in [-0.2, 0) is 9.84 Å². The lowest BCUT2D eigenvalue weighted by molar-refractivity contribution is -0.0200. The molecule has 0 N–H and O–H groups in total. The van der Waals surface area contributed by atoms with Crippen molar-refractivity contribution in [2.45, 2.75) is 44.3 Å². The van der Waals surface area contributed by atoms with Crippen LogP contribution in [0.15, 0.2) is 24.3 Å². The predicted octanol–water partition coefficient (Wildman–Crippen LogP) is 3.01. The molecule has 0 saturated carbocycles. The molecule has 1 aliphatic rings. The fourth-order valence-electron chi connectivity index (χ4n) is 2.16. The molecule has 0 aliphatic carbocycles. The first kappa shape index (κ1) is 13.4. The van der Waals surface area contributed by atoms with Crippen LogP contribution in [0.5, 0.6) is 5.75 Å². The van der Waals surface area contributed by atoms with Crippen LogP contribution in [0.4, 0.5) is 0 Å². The maximum atomic E-state index is 11.4. The Morgan fingerprint density at radius 2 is 1.94 bits per heavy atom. The van der Waals surface area contributed by atoms with Crippen molar-refractivity contribution >= 4 is 0 Å². The quantitative estimate of drug-likeness (QED) is 0.807. The molecular formula is C15H20O3. The van der Waals surface area contributed by atoms with E-state index in [1.54, 1.807) is 0 Å². The molecule has 2 radical (unpaired) electrons. The van der Waals surface area contributed by atoms with Gasteiger partial charge in [0.05, 0.1) is 13.2 Å². The van der Waals surface area contributed by atoms with Gasteiger partial charge in [-0.25, -0.2) is 5.11 Å². The van der Waals surface area contributed by atoms with Crippen LogP contribution in [0.3, 0.4) is 0 Å². The third-order valence-electron chi connectivity index (χ3n) is 3.18. The molecule has 0 amide bonds. The minimum absolute atomic E-state index is 0.190. The van der Waals surface area contributed by atoms with Gasteiger partial charge in [0.2, 0.25) is 0 Å².